The maximum atomic E-state index is 13.3. The first-order chi connectivity index (χ1) is 14.4. The van der Waals surface area contributed by atoms with Crippen molar-refractivity contribution in [3.05, 3.63) is 17.5 Å². The van der Waals surface area contributed by atoms with E-state index < -0.39 is 5.54 Å². The van der Waals surface area contributed by atoms with Crippen LogP contribution in [-0.2, 0) is 11.3 Å². The molecule has 2 heterocycles. The lowest BCUT2D eigenvalue weighted by Crippen LogP contribution is -2.65. The van der Waals surface area contributed by atoms with E-state index in [0.717, 1.165) is 57.8 Å². The number of rotatable bonds is 6. The van der Waals surface area contributed by atoms with Gasteiger partial charge in [-0.25, -0.2) is 0 Å². The summed E-state index contributed by atoms with van der Waals surface area (Å²) >= 11 is 0. The zero-order valence-corrected chi connectivity index (χ0v) is 18.1. The van der Waals surface area contributed by atoms with Gasteiger partial charge >= 0.3 is 0 Å². The predicted molar refractivity (Wildman–Crippen MR) is 112 cm³/mol. The van der Waals surface area contributed by atoms with Crippen LogP contribution in [0.5, 0.6) is 0 Å². The number of nitrogens with zero attached hydrogens (tertiary/aromatic N) is 3. The van der Waals surface area contributed by atoms with Crippen molar-refractivity contribution in [2.45, 2.75) is 95.8 Å². The number of hydrogen-bond donors (Lipinski definition) is 2. The lowest BCUT2D eigenvalue weighted by Gasteiger charge is -2.43. The van der Waals surface area contributed by atoms with Crippen molar-refractivity contribution >= 4 is 17.7 Å². The van der Waals surface area contributed by atoms with Crippen molar-refractivity contribution in [2.24, 2.45) is 0 Å². The van der Waals surface area contributed by atoms with Crippen molar-refractivity contribution in [1.82, 2.24) is 25.3 Å². The molecular formula is C22H33N5O3. The van der Waals surface area contributed by atoms with Crippen molar-refractivity contribution in [3.8, 4) is 0 Å². The Labute approximate surface area is 177 Å². The highest BCUT2D eigenvalue weighted by Gasteiger charge is 2.48. The monoisotopic (exact) mass is 415 g/mol. The summed E-state index contributed by atoms with van der Waals surface area (Å²) in [5.41, 5.74) is -0.387. The second-order valence-corrected chi connectivity index (χ2v) is 9.21. The molecule has 1 aliphatic heterocycles. The van der Waals surface area contributed by atoms with E-state index in [1.807, 2.05) is 13.8 Å². The Kier molecular flexibility index (Phi) is 5.84. The fraction of sp³-hybridized carbons (Fsp3) is 0.727. The average Bonchev–Trinajstić information content (AvgIpc) is 3.47. The molecule has 0 saturated heterocycles. The van der Waals surface area contributed by atoms with Gasteiger partial charge in [-0.1, -0.05) is 32.6 Å². The Morgan fingerprint density at radius 3 is 2.30 bits per heavy atom. The first-order valence-electron chi connectivity index (χ1n) is 11.4. The van der Waals surface area contributed by atoms with Crippen molar-refractivity contribution in [1.29, 1.82) is 0 Å². The van der Waals surface area contributed by atoms with Gasteiger partial charge in [-0.15, -0.1) is 0 Å². The lowest BCUT2D eigenvalue weighted by molar-refractivity contribution is -0.133. The third kappa shape index (κ3) is 3.84. The summed E-state index contributed by atoms with van der Waals surface area (Å²) in [6, 6.07) is 1.94. The molecule has 3 aliphatic rings. The van der Waals surface area contributed by atoms with Crippen molar-refractivity contribution < 1.29 is 14.4 Å². The van der Waals surface area contributed by atoms with Crippen molar-refractivity contribution in [2.75, 3.05) is 6.54 Å². The summed E-state index contributed by atoms with van der Waals surface area (Å²) in [4.78, 5) is 40.9. The number of hydrogen-bond acceptors (Lipinski definition) is 4. The second-order valence-electron chi connectivity index (χ2n) is 9.21. The highest BCUT2D eigenvalue weighted by molar-refractivity contribution is 6.02. The highest BCUT2D eigenvalue weighted by Crippen LogP contribution is 2.29. The van der Waals surface area contributed by atoms with Crippen LogP contribution in [0, 0.1) is 0 Å². The zero-order chi connectivity index (χ0) is 21.3. The largest absolute Gasteiger partial charge is 0.351 e. The Hall–Kier alpha value is -2.38. The summed E-state index contributed by atoms with van der Waals surface area (Å²) in [5.74, 6) is -0.607. The number of amides is 3. The molecule has 0 radical (unpaired) electrons. The van der Waals surface area contributed by atoms with Crippen LogP contribution in [0.3, 0.4) is 0 Å². The Balaban J connectivity index is 1.57. The Morgan fingerprint density at radius 1 is 1.10 bits per heavy atom. The van der Waals surface area contributed by atoms with Gasteiger partial charge in [0.15, 0.2) is 5.69 Å². The van der Waals surface area contributed by atoms with Gasteiger partial charge in [0, 0.05) is 24.7 Å². The minimum Gasteiger partial charge on any atom is -0.351 e. The van der Waals surface area contributed by atoms with Gasteiger partial charge in [-0.2, -0.15) is 5.10 Å². The molecule has 2 aliphatic carbocycles. The van der Waals surface area contributed by atoms with E-state index in [1.165, 1.54) is 0 Å². The molecule has 4 rings (SSSR count). The summed E-state index contributed by atoms with van der Waals surface area (Å²) in [6.45, 7) is 4.55. The minimum atomic E-state index is -1.02. The first-order valence-corrected chi connectivity index (χ1v) is 11.4. The molecule has 8 heteroatoms. The first kappa shape index (κ1) is 20.9. The Morgan fingerprint density at radius 2 is 1.70 bits per heavy atom. The van der Waals surface area contributed by atoms with E-state index in [2.05, 4.69) is 15.7 Å². The van der Waals surface area contributed by atoms with E-state index in [0.29, 0.717) is 12.2 Å². The molecule has 1 aromatic rings. The zero-order valence-electron chi connectivity index (χ0n) is 18.1. The average molecular weight is 416 g/mol. The van der Waals surface area contributed by atoms with Crippen LogP contribution in [0.4, 0.5) is 0 Å². The molecule has 8 nitrogen and oxygen atoms in total. The van der Waals surface area contributed by atoms with Gasteiger partial charge in [0.2, 0.25) is 5.91 Å². The number of nitrogens with one attached hydrogen (secondary N) is 2. The molecular weight excluding hydrogens is 382 g/mol. The van der Waals surface area contributed by atoms with E-state index in [4.69, 9.17) is 0 Å². The van der Waals surface area contributed by atoms with Crippen LogP contribution in [0.2, 0.25) is 0 Å². The fourth-order valence-electron chi connectivity index (χ4n) is 5.07. The molecule has 30 heavy (non-hydrogen) atoms. The highest BCUT2D eigenvalue weighted by atomic mass is 16.2. The summed E-state index contributed by atoms with van der Waals surface area (Å²) in [6.07, 6.45) is 9.21. The van der Waals surface area contributed by atoms with E-state index in [9.17, 15) is 14.4 Å². The van der Waals surface area contributed by atoms with Gasteiger partial charge in [0.1, 0.15) is 11.2 Å². The van der Waals surface area contributed by atoms with Crippen LogP contribution in [0.25, 0.3) is 0 Å². The standard InChI is InChI=1S/C22H33N5O3/c1-3-12-26-20(29)18-13-17(19(28)23-15-8-4-5-9-15)25-27(18)14-22(26,2)21(30)24-16-10-6-7-11-16/h13,15-16H,3-12,14H2,1-2H3,(H,23,28)(H,24,30). The SMILES string of the molecule is CCCN1C(=O)c2cc(C(=O)NC3CCCC3)nn2CC1(C)C(=O)NC1CCCC1. The quantitative estimate of drug-likeness (QED) is 0.745. The van der Waals surface area contributed by atoms with Crippen molar-refractivity contribution in [3.63, 3.8) is 0 Å². The molecule has 1 atom stereocenters. The third-order valence-corrected chi connectivity index (χ3v) is 6.85. The Bertz CT molecular complexity index is 823. The minimum absolute atomic E-state index is 0.130. The predicted octanol–water partition coefficient (Wildman–Crippen LogP) is 2.24. The molecule has 0 spiro atoms. The molecule has 164 valence electrons. The maximum absolute atomic E-state index is 13.3. The molecule has 2 N–H and O–H groups in total. The number of carbonyl (C=O) groups excluding carboxylic acids is 3. The summed E-state index contributed by atoms with van der Waals surface area (Å²) in [7, 11) is 0. The van der Waals surface area contributed by atoms with E-state index >= 15 is 0 Å². The molecule has 2 saturated carbocycles. The van der Waals surface area contributed by atoms with E-state index in [-0.39, 0.29) is 42.0 Å². The smallest absolute Gasteiger partial charge is 0.273 e. The fourth-order valence-corrected chi connectivity index (χ4v) is 5.07. The van der Waals surface area contributed by atoms with Crippen LogP contribution < -0.4 is 10.6 Å². The molecule has 1 aromatic heterocycles. The van der Waals surface area contributed by atoms with Gasteiger partial charge in [0.25, 0.3) is 11.8 Å². The number of fused-ring (bicyclic) bond motifs is 1. The van der Waals surface area contributed by atoms with Gasteiger partial charge in [-0.3, -0.25) is 19.1 Å². The van der Waals surface area contributed by atoms with Crippen LogP contribution in [-0.4, -0.2) is 56.6 Å². The van der Waals surface area contributed by atoms with Gasteiger partial charge in [0.05, 0.1) is 6.54 Å². The van der Waals surface area contributed by atoms with Gasteiger partial charge < -0.3 is 15.5 Å². The molecule has 1 unspecified atom stereocenters. The number of aromatic nitrogens is 2. The lowest BCUT2D eigenvalue weighted by atomic mass is 9.94. The second kappa shape index (κ2) is 8.40. The molecule has 2 fully saturated rings. The van der Waals surface area contributed by atoms with Crippen LogP contribution >= 0.6 is 0 Å². The van der Waals surface area contributed by atoms with Crippen LogP contribution in [0.15, 0.2) is 6.07 Å². The summed E-state index contributed by atoms with van der Waals surface area (Å²) in [5, 5.41) is 10.6. The van der Waals surface area contributed by atoms with Gasteiger partial charge in [-0.05, 0) is 39.0 Å². The summed E-state index contributed by atoms with van der Waals surface area (Å²) < 4.78 is 1.55. The van der Waals surface area contributed by atoms with Crippen LogP contribution in [0.1, 0.15) is 92.6 Å². The maximum Gasteiger partial charge on any atom is 0.273 e. The number of carbonyl (C=O) groups is 3. The third-order valence-electron chi connectivity index (χ3n) is 6.85. The molecule has 0 bridgehead atoms. The topological polar surface area (TPSA) is 96.3 Å². The normalized spacial score (nSPS) is 24.9. The molecule has 0 aromatic carbocycles. The van der Waals surface area contributed by atoms with E-state index in [1.54, 1.807) is 15.6 Å². The molecule has 3 amide bonds.